The molecule has 19 heavy (non-hydrogen) atoms. The molecule has 0 fully saturated rings. The smallest absolute Gasteiger partial charge is 0.227 e. The first-order chi connectivity index (χ1) is 8.36. The zero-order valence-electron chi connectivity index (χ0n) is 12.2. The molecule has 0 aliphatic heterocycles. The van der Waals surface area contributed by atoms with Gasteiger partial charge in [0.25, 0.3) is 0 Å². The van der Waals surface area contributed by atoms with Gasteiger partial charge < -0.3 is 11.1 Å². The number of carbonyl (C=O) groups is 1. The minimum atomic E-state index is -0.502. The lowest BCUT2D eigenvalue weighted by Crippen LogP contribution is -2.41. The van der Waals surface area contributed by atoms with E-state index in [4.69, 9.17) is 5.73 Å². The van der Waals surface area contributed by atoms with Gasteiger partial charge in [-0.25, -0.2) is 0 Å². The van der Waals surface area contributed by atoms with Crippen LogP contribution in [-0.2, 0) is 11.3 Å². The summed E-state index contributed by atoms with van der Waals surface area (Å²) in [5, 5.41) is 2.92. The lowest BCUT2D eigenvalue weighted by atomic mass is 9.92. The number of rotatable bonds is 5. The highest BCUT2D eigenvalue weighted by atomic mass is 35.5. The van der Waals surface area contributed by atoms with Crippen molar-refractivity contribution in [3.05, 3.63) is 35.4 Å². The molecule has 108 valence electrons. The van der Waals surface area contributed by atoms with Crippen molar-refractivity contribution in [2.45, 2.75) is 40.2 Å². The SMILES string of the molecule is CC(C)c1ccc(CNC(=O)C(C)(C)CN)cc1.Cl. The van der Waals surface area contributed by atoms with Crippen LogP contribution in [0.4, 0.5) is 0 Å². The average Bonchev–Trinajstić information content (AvgIpc) is 2.36. The van der Waals surface area contributed by atoms with Crippen LogP contribution in [0.25, 0.3) is 0 Å². The van der Waals surface area contributed by atoms with Gasteiger partial charge in [0.2, 0.25) is 5.91 Å². The summed E-state index contributed by atoms with van der Waals surface area (Å²) in [6.45, 7) is 8.95. The highest BCUT2D eigenvalue weighted by molar-refractivity contribution is 5.85. The van der Waals surface area contributed by atoms with Gasteiger partial charge in [0.1, 0.15) is 0 Å². The summed E-state index contributed by atoms with van der Waals surface area (Å²) in [5.41, 5.74) is 7.49. The van der Waals surface area contributed by atoms with Gasteiger partial charge in [0.05, 0.1) is 5.41 Å². The van der Waals surface area contributed by atoms with E-state index in [1.54, 1.807) is 0 Å². The minimum Gasteiger partial charge on any atom is -0.352 e. The first kappa shape index (κ1) is 17.9. The van der Waals surface area contributed by atoms with Gasteiger partial charge in [-0.15, -0.1) is 12.4 Å². The van der Waals surface area contributed by atoms with E-state index in [0.29, 0.717) is 19.0 Å². The summed E-state index contributed by atoms with van der Waals surface area (Å²) in [7, 11) is 0. The summed E-state index contributed by atoms with van der Waals surface area (Å²) in [4.78, 5) is 11.9. The van der Waals surface area contributed by atoms with Crippen LogP contribution in [0.3, 0.4) is 0 Å². The quantitative estimate of drug-likeness (QED) is 0.873. The van der Waals surface area contributed by atoms with Crippen molar-refractivity contribution in [1.82, 2.24) is 5.32 Å². The van der Waals surface area contributed by atoms with Crippen molar-refractivity contribution in [3.8, 4) is 0 Å². The maximum atomic E-state index is 11.9. The third-order valence-corrected chi connectivity index (χ3v) is 3.22. The second-order valence-corrected chi connectivity index (χ2v) is 5.67. The van der Waals surface area contributed by atoms with E-state index in [0.717, 1.165) is 5.56 Å². The summed E-state index contributed by atoms with van der Waals surface area (Å²) < 4.78 is 0. The lowest BCUT2D eigenvalue weighted by molar-refractivity contribution is -0.129. The molecule has 0 saturated heterocycles. The van der Waals surface area contributed by atoms with Gasteiger partial charge in [0.15, 0.2) is 0 Å². The third-order valence-electron chi connectivity index (χ3n) is 3.22. The summed E-state index contributed by atoms with van der Waals surface area (Å²) in [5.74, 6) is 0.530. The topological polar surface area (TPSA) is 55.1 Å². The van der Waals surface area contributed by atoms with Gasteiger partial charge in [-0.3, -0.25) is 4.79 Å². The molecule has 0 unspecified atom stereocenters. The number of benzene rings is 1. The molecule has 0 heterocycles. The van der Waals surface area contributed by atoms with Crippen LogP contribution in [0, 0.1) is 5.41 Å². The van der Waals surface area contributed by atoms with Gasteiger partial charge in [0, 0.05) is 13.1 Å². The predicted molar refractivity (Wildman–Crippen MR) is 82.5 cm³/mol. The van der Waals surface area contributed by atoms with Gasteiger partial charge >= 0.3 is 0 Å². The molecule has 0 aliphatic rings. The van der Waals surface area contributed by atoms with Crippen LogP contribution in [0.1, 0.15) is 44.7 Å². The molecule has 0 spiro atoms. The normalized spacial score (nSPS) is 11.1. The Morgan fingerprint density at radius 3 is 2.21 bits per heavy atom. The molecule has 0 radical (unpaired) electrons. The van der Waals surface area contributed by atoms with Crippen molar-refractivity contribution in [3.63, 3.8) is 0 Å². The molecular weight excluding hydrogens is 260 g/mol. The maximum Gasteiger partial charge on any atom is 0.227 e. The Bertz CT molecular complexity index is 399. The van der Waals surface area contributed by atoms with Crippen LogP contribution in [0.5, 0.6) is 0 Å². The predicted octanol–water partition coefficient (Wildman–Crippen LogP) is 2.83. The van der Waals surface area contributed by atoms with E-state index in [-0.39, 0.29) is 18.3 Å². The molecule has 1 rings (SSSR count). The average molecular weight is 285 g/mol. The van der Waals surface area contributed by atoms with Crippen molar-refractivity contribution in [2.24, 2.45) is 11.1 Å². The zero-order chi connectivity index (χ0) is 13.8. The zero-order valence-corrected chi connectivity index (χ0v) is 13.0. The third kappa shape index (κ3) is 5.21. The van der Waals surface area contributed by atoms with Crippen LogP contribution in [0.2, 0.25) is 0 Å². The van der Waals surface area contributed by atoms with Crippen molar-refractivity contribution < 1.29 is 4.79 Å². The van der Waals surface area contributed by atoms with E-state index in [1.807, 2.05) is 13.8 Å². The molecular formula is C15H25ClN2O. The summed E-state index contributed by atoms with van der Waals surface area (Å²) >= 11 is 0. The molecule has 0 aromatic heterocycles. The Hall–Kier alpha value is -1.06. The standard InChI is InChI=1S/C15H24N2O.ClH/c1-11(2)13-7-5-12(6-8-13)9-17-14(18)15(3,4)10-16;/h5-8,11H,9-10,16H2,1-4H3,(H,17,18);1H. The van der Waals surface area contributed by atoms with Crippen molar-refractivity contribution in [2.75, 3.05) is 6.54 Å². The van der Waals surface area contributed by atoms with Gasteiger partial charge in [-0.05, 0) is 30.9 Å². The largest absolute Gasteiger partial charge is 0.352 e. The van der Waals surface area contributed by atoms with Gasteiger partial charge in [-0.2, -0.15) is 0 Å². The minimum absolute atomic E-state index is 0. The second-order valence-electron chi connectivity index (χ2n) is 5.67. The number of halogens is 1. The number of carbonyl (C=O) groups excluding carboxylic acids is 1. The highest BCUT2D eigenvalue weighted by Crippen LogP contribution is 2.15. The number of hydrogen-bond acceptors (Lipinski definition) is 2. The number of hydrogen-bond donors (Lipinski definition) is 2. The first-order valence-electron chi connectivity index (χ1n) is 6.44. The van der Waals surface area contributed by atoms with E-state index in [1.165, 1.54) is 5.56 Å². The summed E-state index contributed by atoms with van der Waals surface area (Å²) in [6.07, 6.45) is 0. The molecule has 0 aliphatic carbocycles. The fourth-order valence-electron chi connectivity index (χ4n) is 1.53. The van der Waals surface area contributed by atoms with E-state index >= 15 is 0 Å². The van der Waals surface area contributed by atoms with E-state index in [2.05, 4.69) is 43.4 Å². The fraction of sp³-hybridized carbons (Fsp3) is 0.533. The van der Waals surface area contributed by atoms with Crippen LogP contribution < -0.4 is 11.1 Å². The Kier molecular flexibility index (Phi) is 7.09. The Balaban J connectivity index is 0.00000324. The van der Waals surface area contributed by atoms with Gasteiger partial charge in [-0.1, -0.05) is 38.1 Å². The number of nitrogens with one attached hydrogen (secondary N) is 1. The first-order valence-corrected chi connectivity index (χ1v) is 6.44. The fourth-order valence-corrected chi connectivity index (χ4v) is 1.53. The lowest BCUT2D eigenvalue weighted by Gasteiger charge is -2.21. The van der Waals surface area contributed by atoms with Crippen molar-refractivity contribution >= 4 is 18.3 Å². The summed E-state index contributed by atoms with van der Waals surface area (Å²) in [6, 6.07) is 8.34. The molecule has 3 N–H and O–H groups in total. The monoisotopic (exact) mass is 284 g/mol. The Labute approximate surface area is 122 Å². The maximum absolute atomic E-state index is 11.9. The number of nitrogens with two attached hydrogens (primary N) is 1. The Morgan fingerprint density at radius 2 is 1.79 bits per heavy atom. The molecule has 1 aromatic carbocycles. The molecule has 4 heteroatoms. The molecule has 1 amide bonds. The second kappa shape index (κ2) is 7.51. The molecule has 1 aromatic rings. The Morgan fingerprint density at radius 1 is 1.26 bits per heavy atom. The number of amides is 1. The van der Waals surface area contributed by atoms with Crippen LogP contribution in [-0.4, -0.2) is 12.5 Å². The van der Waals surface area contributed by atoms with Crippen molar-refractivity contribution in [1.29, 1.82) is 0 Å². The highest BCUT2D eigenvalue weighted by Gasteiger charge is 2.25. The molecule has 0 saturated carbocycles. The van der Waals surface area contributed by atoms with Crippen LogP contribution >= 0.6 is 12.4 Å². The molecule has 0 bridgehead atoms. The molecule has 3 nitrogen and oxygen atoms in total. The van der Waals surface area contributed by atoms with E-state index in [9.17, 15) is 4.79 Å². The van der Waals surface area contributed by atoms with E-state index < -0.39 is 5.41 Å². The molecule has 0 atom stereocenters. The van der Waals surface area contributed by atoms with Crippen LogP contribution in [0.15, 0.2) is 24.3 Å².